The van der Waals surface area contributed by atoms with Crippen LogP contribution in [0.4, 0.5) is 9.59 Å². The molecule has 1 saturated heterocycles. The fourth-order valence-corrected chi connectivity index (χ4v) is 7.07. The second-order valence-corrected chi connectivity index (χ2v) is 15.6. The number of nitrogens with one attached hydrogen (secondary N) is 3. The molecular formula is C40H49N5O7S. The maximum atomic E-state index is 14.0. The molecule has 3 amide bonds. The number of nitrogens with zero attached hydrogens (tertiary/aromatic N) is 2. The number of hydrogen-bond acceptors (Lipinski definition) is 8. The van der Waals surface area contributed by atoms with E-state index in [1.165, 1.54) is 12.1 Å². The Hall–Kier alpha value is -5.19. The van der Waals surface area contributed by atoms with Crippen LogP contribution in [0, 0.1) is 17.2 Å². The van der Waals surface area contributed by atoms with Crippen molar-refractivity contribution in [1.82, 2.24) is 20.3 Å². The van der Waals surface area contributed by atoms with Crippen molar-refractivity contribution in [1.29, 1.82) is 5.26 Å². The van der Waals surface area contributed by atoms with Crippen LogP contribution in [0.15, 0.2) is 89.8 Å². The first-order chi connectivity index (χ1) is 25.3. The Morgan fingerprint density at radius 2 is 1.62 bits per heavy atom. The molecule has 0 aliphatic carbocycles. The molecule has 3 N–H and O–H groups in total. The highest BCUT2D eigenvalue weighted by Crippen LogP contribution is 2.22. The van der Waals surface area contributed by atoms with Gasteiger partial charge in [0.15, 0.2) is 0 Å². The Bertz CT molecular complexity index is 1860. The molecule has 12 nitrogen and oxygen atoms in total. The molecule has 0 radical (unpaired) electrons. The minimum atomic E-state index is -4.14. The molecule has 0 saturated carbocycles. The third-order valence-electron chi connectivity index (χ3n) is 8.51. The third-order valence-corrected chi connectivity index (χ3v) is 9.98. The van der Waals surface area contributed by atoms with Crippen molar-refractivity contribution in [3.63, 3.8) is 0 Å². The molecular weight excluding hydrogens is 695 g/mol. The second kappa shape index (κ2) is 19.6. The average Bonchev–Trinajstić information content (AvgIpc) is 3.13. The number of carbonyl (C=O) groups is 3. The summed E-state index contributed by atoms with van der Waals surface area (Å²) in [5.74, 6) is -0.0522. The van der Waals surface area contributed by atoms with E-state index in [-0.39, 0.29) is 29.7 Å². The van der Waals surface area contributed by atoms with Crippen LogP contribution in [-0.4, -0.2) is 69.2 Å². The number of alkyl carbamates (subject to hydrolysis) is 2. The van der Waals surface area contributed by atoms with Crippen LogP contribution in [-0.2, 0) is 37.3 Å². The van der Waals surface area contributed by atoms with Gasteiger partial charge in [0.05, 0.1) is 16.5 Å². The first-order valence-corrected chi connectivity index (χ1v) is 19.3. The normalized spacial score (nSPS) is 14.3. The number of nitriles is 1. The highest BCUT2D eigenvalue weighted by atomic mass is 32.2. The Labute approximate surface area is 312 Å². The maximum Gasteiger partial charge on any atom is 0.407 e. The summed E-state index contributed by atoms with van der Waals surface area (Å²) < 4.78 is 40.7. The molecule has 0 spiro atoms. The van der Waals surface area contributed by atoms with E-state index in [2.05, 4.69) is 21.4 Å². The number of carbonyl (C=O) groups excluding carboxylic acids is 3. The molecule has 1 aliphatic rings. The van der Waals surface area contributed by atoms with Gasteiger partial charge >= 0.3 is 12.2 Å². The Balaban J connectivity index is 1.35. The fraction of sp³-hybridized carbons (Fsp3) is 0.400. The van der Waals surface area contributed by atoms with Crippen LogP contribution in [0.3, 0.4) is 0 Å². The van der Waals surface area contributed by atoms with Crippen LogP contribution >= 0.6 is 0 Å². The number of benzene rings is 3. The monoisotopic (exact) mass is 743 g/mol. The number of piperidine rings is 1. The number of ether oxygens (including phenoxy) is 2. The van der Waals surface area contributed by atoms with Crippen molar-refractivity contribution < 1.29 is 32.3 Å². The molecule has 3 aromatic rings. The standard InChI is InChI=1S/C40H49N5O7S/c1-40(2,3)52-39(48)43-22-18-30-19-23-45(24-20-30)37(46)36(27-33-15-9-16-34(25-33)28-41)44-53(49,50)35-17-10-14-31(26-35)11-7-8-21-42-38(47)51-29-32-12-5-4-6-13-32/h4-7,9-17,25-26,30,36,44H,8,18-24,27,29H2,1-3H3,(H,42,47)(H,43,48)/t36-/m0/s1. The lowest BCUT2D eigenvalue weighted by Crippen LogP contribution is -2.51. The van der Waals surface area contributed by atoms with Crippen LogP contribution in [0.1, 0.15) is 68.7 Å². The van der Waals surface area contributed by atoms with Crippen LogP contribution in [0.5, 0.6) is 0 Å². The van der Waals surface area contributed by atoms with E-state index in [1.54, 1.807) is 68.1 Å². The highest BCUT2D eigenvalue weighted by molar-refractivity contribution is 7.89. The van der Waals surface area contributed by atoms with Crippen molar-refractivity contribution in [3.05, 3.63) is 107 Å². The maximum absolute atomic E-state index is 14.0. The van der Waals surface area contributed by atoms with Gasteiger partial charge in [-0.05, 0) is 99.7 Å². The summed E-state index contributed by atoms with van der Waals surface area (Å²) in [6.07, 6.45) is 5.31. The molecule has 53 heavy (non-hydrogen) atoms. The van der Waals surface area contributed by atoms with Crippen molar-refractivity contribution in [2.24, 2.45) is 5.92 Å². The van der Waals surface area contributed by atoms with Gasteiger partial charge in [0.1, 0.15) is 18.2 Å². The predicted molar refractivity (Wildman–Crippen MR) is 202 cm³/mol. The number of amides is 3. The van der Waals surface area contributed by atoms with Crippen molar-refractivity contribution in [2.75, 3.05) is 26.2 Å². The number of rotatable bonds is 15. The topological polar surface area (TPSA) is 167 Å². The first kappa shape index (κ1) is 40.6. The molecule has 0 aromatic heterocycles. The zero-order valence-corrected chi connectivity index (χ0v) is 31.4. The first-order valence-electron chi connectivity index (χ1n) is 17.8. The summed E-state index contributed by atoms with van der Waals surface area (Å²) >= 11 is 0. The summed E-state index contributed by atoms with van der Waals surface area (Å²) in [7, 11) is -4.14. The highest BCUT2D eigenvalue weighted by Gasteiger charge is 2.32. The van der Waals surface area contributed by atoms with Gasteiger partial charge in [-0.15, -0.1) is 0 Å². The van der Waals surface area contributed by atoms with Gasteiger partial charge in [-0.1, -0.05) is 66.7 Å². The molecule has 1 fully saturated rings. The molecule has 1 heterocycles. The number of hydrogen-bond donors (Lipinski definition) is 3. The molecule has 1 atom stereocenters. The van der Waals surface area contributed by atoms with E-state index < -0.39 is 33.9 Å². The Morgan fingerprint density at radius 1 is 0.925 bits per heavy atom. The average molecular weight is 744 g/mol. The fourth-order valence-electron chi connectivity index (χ4n) is 5.83. The van der Waals surface area contributed by atoms with E-state index in [1.807, 2.05) is 36.4 Å². The number of likely N-dealkylation sites (tertiary alicyclic amines) is 1. The largest absolute Gasteiger partial charge is 0.445 e. The quantitative estimate of drug-likeness (QED) is 0.161. The summed E-state index contributed by atoms with van der Waals surface area (Å²) in [5, 5.41) is 14.9. The summed E-state index contributed by atoms with van der Waals surface area (Å²) in [6, 6.07) is 23.5. The van der Waals surface area contributed by atoms with Gasteiger partial charge in [0, 0.05) is 26.2 Å². The van der Waals surface area contributed by atoms with Gasteiger partial charge in [-0.3, -0.25) is 4.79 Å². The predicted octanol–water partition coefficient (Wildman–Crippen LogP) is 5.93. The lowest BCUT2D eigenvalue weighted by Gasteiger charge is -2.34. The summed E-state index contributed by atoms with van der Waals surface area (Å²) in [5.41, 5.74) is 2.01. The molecule has 13 heteroatoms. The SMILES string of the molecule is CC(C)(C)OC(=O)NCCC1CCN(C(=O)[C@H](Cc2cccc(C#N)c2)NS(=O)(=O)c2cccc(C=CCCNC(=O)OCc3ccccc3)c2)CC1. The van der Waals surface area contributed by atoms with E-state index in [4.69, 9.17) is 9.47 Å². The molecule has 1 aliphatic heterocycles. The Morgan fingerprint density at radius 3 is 2.34 bits per heavy atom. The molecule has 0 unspecified atom stereocenters. The molecule has 282 valence electrons. The summed E-state index contributed by atoms with van der Waals surface area (Å²) in [4.78, 5) is 39.7. The lowest BCUT2D eigenvalue weighted by atomic mass is 9.93. The summed E-state index contributed by atoms with van der Waals surface area (Å²) in [6.45, 7) is 7.28. The van der Waals surface area contributed by atoms with Gasteiger partial charge in [-0.25, -0.2) is 18.0 Å². The smallest absolute Gasteiger partial charge is 0.407 e. The van der Waals surface area contributed by atoms with Crippen molar-refractivity contribution in [2.45, 2.75) is 76.0 Å². The lowest BCUT2D eigenvalue weighted by molar-refractivity contribution is -0.134. The van der Waals surface area contributed by atoms with Gasteiger partial charge < -0.3 is 25.0 Å². The van der Waals surface area contributed by atoms with E-state index in [9.17, 15) is 28.1 Å². The van der Waals surface area contributed by atoms with Crippen LogP contribution in [0.25, 0.3) is 6.08 Å². The Kier molecular flexibility index (Phi) is 15.0. The van der Waals surface area contributed by atoms with Gasteiger partial charge in [0.2, 0.25) is 15.9 Å². The van der Waals surface area contributed by atoms with Gasteiger partial charge in [0.25, 0.3) is 0 Å². The van der Waals surface area contributed by atoms with Gasteiger partial charge in [-0.2, -0.15) is 9.98 Å². The molecule has 0 bridgehead atoms. The minimum absolute atomic E-state index is 0.00188. The van der Waals surface area contributed by atoms with E-state index in [0.29, 0.717) is 62.1 Å². The van der Waals surface area contributed by atoms with E-state index >= 15 is 0 Å². The van der Waals surface area contributed by atoms with Crippen LogP contribution in [0.2, 0.25) is 0 Å². The molecule has 3 aromatic carbocycles. The molecule has 4 rings (SSSR count). The second-order valence-electron chi connectivity index (χ2n) is 13.9. The zero-order valence-electron chi connectivity index (χ0n) is 30.5. The van der Waals surface area contributed by atoms with Crippen molar-refractivity contribution in [3.8, 4) is 6.07 Å². The van der Waals surface area contributed by atoms with Crippen molar-refractivity contribution >= 4 is 34.2 Å². The third kappa shape index (κ3) is 14.0. The minimum Gasteiger partial charge on any atom is -0.445 e. The number of sulfonamides is 1. The zero-order chi connectivity index (χ0) is 38.3. The van der Waals surface area contributed by atoms with E-state index in [0.717, 1.165) is 12.0 Å². The van der Waals surface area contributed by atoms with Crippen LogP contribution < -0.4 is 15.4 Å².